The molecular formula is C35H41N3O4. The average Bonchev–Trinajstić information content (AvgIpc) is 3.02. The van der Waals surface area contributed by atoms with Crippen molar-refractivity contribution in [3.63, 3.8) is 0 Å². The second-order valence-corrected chi connectivity index (χ2v) is 11.0. The van der Waals surface area contributed by atoms with E-state index >= 15 is 0 Å². The lowest BCUT2D eigenvalue weighted by molar-refractivity contribution is -0.132. The third kappa shape index (κ3) is 6.57. The highest BCUT2D eigenvalue weighted by Crippen LogP contribution is 2.35. The number of aliphatic imine (C=N–C) groups is 1. The van der Waals surface area contributed by atoms with E-state index in [2.05, 4.69) is 24.3 Å². The Morgan fingerprint density at radius 2 is 1.67 bits per heavy atom. The van der Waals surface area contributed by atoms with Crippen molar-refractivity contribution < 1.29 is 19.1 Å². The Kier molecular flexibility index (Phi) is 9.70. The summed E-state index contributed by atoms with van der Waals surface area (Å²) in [7, 11) is 1.64. The highest BCUT2D eigenvalue weighted by Gasteiger charge is 2.43. The van der Waals surface area contributed by atoms with Crippen LogP contribution in [0.2, 0.25) is 0 Å². The lowest BCUT2D eigenvalue weighted by Gasteiger charge is -2.42. The molecular weight excluding hydrogens is 526 g/mol. The molecule has 0 saturated heterocycles. The van der Waals surface area contributed by atoms with Gasteiger partial charge in [0.05, 0.1) is 43.3 Å². The van der Waals surface area contributed by atoms with Crippen molar-refractivity contribution in [1.82, 2.24) is 4.90 Å². The van der Waals surface area contributed by atoms with E-state index in [1.54, 1.807) is 12.0 Å². The molecule has 3 aromatic rings. The monoisotopic (exact) mass is 567 g/mol. The van der Waals surface area contributed by atoms with Crippen LogP contribution in [0.1, 0.15) is 45.1 Å². The molecule has 1 heterocycles. The molecule has 3 aromatic carbocycles. The number of nitrogens with zero attached hydrogens (tertiary/aromatic N) is 3. The zero-order chi connectivity index (χ0) is 29.5. The van der Waals surface area contributed by atoms with Gasteiger partial charge in [0.25, 0.3) is 0 Å². The number of hydrogen-bond acceptors (Lipinski definition) is 5. The highest BCUT2D eigenvalue weighted by atomic mass is 16.5. The molecule has 7 nitrogen and oxygen atoms in total. The van der Waals surface area contributed by atoms with Crippen LogP contribution in [0.25, 0.3) is 11.1 Å². The second-order valence-electron chi connectivity index (χ2n) is 11.0. The van der Waals surface area contributed by atoms with Crippen LogP contribution in [-0.4, -0.2) is 61.5 Å². The molecule has 3 atom stereocenters. The predicted octanol–water partition coefficient (Wildman–Crippen LogP) is 6.16. The Morgan fingerprint density at radius 1 is 0.976 bits per heavy atom. The zero-order valence-electron chi connectivity index (χ0n) is 24.9. The zero-order valence-corrected chi connectivity index (χ0v) is 24.9. The van der Waals surface area contributed by atoms with Gasteiger partial charge in [0, 0.05) is 13.7 Å². The van der Waals surface area contributed by atoms with Crippen LogP contribution in [0.5, 0.6) is 5.75 Å². The van der Waals surface area contributed by atoms with Gasteiger partial charge in [-0.25, -0.2) is 0 Å². The first-order chi connectivity index (χ1) is 20.5. The standard InChI is InChI=1S/C35H41N3O4/c1-4-42-30-20-18-29(19-21-30)38-34(36-32-13-9-8-12-31(32)35(38)40)25(2)37(22-23-41-3)33(39)24-26-14-16-28(17-15-26)27-10-6-5-7-11-27/h5-7,10-11,14-21,25,31-32H,4,8-9,12-13,22-24H2,1-3H3. The molecule has 220 valence electrons. The number of methoxy groups -OCH3 is 1. The topological polar surface area (TPSA) is 71.4 Å². The lowest BCUT2D eigenvalue weighted by atomic mass is 9.82. The summed E-state index contributed by atoms with van der Waals surface area (Å²) in [6.45, 7) is 5.28. The molecule has 0 N–H and O–H groups in total. The van der Waals surface area contributed by atoms with E-state index in [-0.39, 0.29) is 30.2 Å². The van der Waals surface area contributed by atoms with Gasteiger partial charge in [-0.05, 0) is 67.6 Å². The Morgan fingerprint density at radius 3 is 2.36 bits per heavy atom. The van der Waals surface area contributed by atoms with Gasteiger partial charge < -0.3 is 14.4 Å². The molecule has 5 rings (SSSR count). The second kappa shape index (κ2) is 13.8. The van der Waals surface area contributed by atoms with Gasteiger partial charge in [0.2, 0.25) is 11.8 Å². The molecule has 2 amide bonds. The molecule has 7 heteroatoms. The van der Waals surface area contributed by atoms with Gasteiger partial charge in [0.15, 0.2) is 0 Å². The van der Waals surface area contributed by atoms with Crippen molar-refractivity contribution in [1.29, 1.82) is 0 Å². The van der Waals surface area contributed by atoms with Crippen molar-refractivity contribution in [3.05, 3.63) is 84.4 Å². The summed E-state index contributed by atoms with van der Waals surface area (Å²) in [6.07, 6.45) is 4.08. The maximum absolute atomic E-state index is 14.0. The Hall–Kier alpha value is -3.97. The first-order valence-corrected chi connectivity index (χ1v) is 15.1. The number of benzene rings is 3. The van der Waals surface area contributed by atoms with Crippen molar-refractivity contribution in [3.8, 4) is 16.9 Å². The number of anilines is 1. The third-order valence-corrected chi connectivity index (χ3v) is 8.31. The summed E-state index contributed by atoms with van der Waals surface area (Å²) in [5, 5.41) is 0. The number of ether oxygens (including phenoxy) is 2. The molecule has 42 heavy (non-hydrogen) atoms. The summed E-state index contributed by atoms with van der Waals surface area (Å²) in [5.74, 6) is 1.28. The van der Waals surface area contributed by atoms with E-state index in [9.17, 15) is 9.59 Å². The number of rotatable bonds is 11. The maximum Gasteiger partial charge on any atom is 0.237 e. The summed E-state index contributed by atoms with van der Waals surface area (Å²) < 4.78 is 11.0. The van der Waals surface area contributed by atoms with Crippen LogP contribution >= 0.6 is 0 Å². The van der Waals surface area contributed by atoms with Crippen LogP contribution < -0.4 is 9.64 Å². The van der Waals surface area contributed by atoms with E-state index < -0.39 is 6.04 Å². The summed E-state index contributed by atoms with van der Waals surface area (Å²) in [6, 6.07) is 25.4. The SMILES string of the molecule is CCOc1ccc(N2C(=O)C3CCCCC3N=C2C(C)N(CCOC)C(=O)Cc2ccc(-c3ccccc3)cc2)cc1. The smallest absolute Gasteiger partial charge is 0.237 e. The lowest BCUT2D eigenvalue weighted by Crippen LogP contribution is -2.58. The molecule has 1 aliphatic heterocycles. The molecule has 0 aromatic heterocycles. The first-order valence-electron chi connectivity index (χ1n) is 15.1. The fourth-order valence-electron chi connectivity index (χ4n) is 6.06. The fraction of sp³-hybridized carbons (Fsp3) is 0.400. The molecule has 3 unspecified atom stereocenters. The van der Waals surface area contributed by atoms with Crippen molar-refractivity contribution in [2.75, 3.05) is 31.8 Å². The van der Waals surface area contributed by atoms with Crippen molar-refractivity contribution >= 4 is 23.3 Å². The third-order valence-electron chi connectivity index (χ3n) is 8.31. The quantitative estimate of drug-likeness (QED) is 0.278. The normalized spacial score (nSPS) is 19.1. The van der Waals surface area contributed by atoms with Gasteiger partial charge >= 0.3 is 0 Å². The van der Waals surface area contributed by atoms with Gasteiger partial charge in [-0.2, -0.15) is 0 Å². The van der Waals surface area contributed by atoms with E-state index in [0.717, 1.165) is 53.8 Å². The van der Waals surface area contributed by atoms with E-state index in [4.69, 9.17) is 14.5 Å². The Bertz CT molecular complexity index is 1370. The van der Waals surface area contributed by atoms with Crippen LogP contribution in [0.4, 0.5) is 5.69 Å². The van der Waals surface area contributed by atoms with E-state index in [0.29, 0.717) is 25.6 Å². The number of fused-ring (bicyclic) bond motifs is 1. The number of hydrogen-bond donors (Lipinski definition) is 0. The largest absolute Gasteiger partial charge is 0.494 e. The van der Waals surface area contributed by atoms with Crippen LogP contribution in [-0.2, 0) is 20.7 Å². The first kappa shape index (κ1) is 29.5. The number of amidine groups is 1. The van der Waals surface area contributed by atoms with E-state index in [1.807, 2.05) is 73.3 Å². The van der Waals surface area contributed by atoms with Gasteiger partial charge in [-0.1, -0.05) is 67.4 Å². The molecule has 2 aliphatic rings. The summed E-state index contributed by atoms with van der Waals surface area (Å²) >= 11 is 0. The molecule has 1 fully saturated rings. The molecule has 0 bridgehead atoms. The molecule has 0 spiro atoms. The van der Waals surface area contributed by atoms with Crippen LogP contribution in [0.3, 0.4) is 0 Å². The number of amides is 2. The fourth-order valence-corrected chi connectivity index (χ4v) is 6.06. The number of carbonyl (C=O) groups excluding carboxylic acids is 2. The van der Waals surface area contributed by atoms with Crippen LogP contribution in [0.15, 0.2) is 83.9 Å². The van der Waals surface area contributed by atoms with Crippen molar-refractivity contribution in [2.24, 2.45) is 10.9 Å². The molecule has 1 saturated carbocycles. The summed E-state index contributed by atoms with van der Waals surface area (Å²) in [5.41, 5.74) is 3.93. The minimum absolute atomic E-state index is 0.0282. The maximum atomic E-state index is 14.0. The number of carbonyl (C=O) groups is 2. The highest BCUT2D eigenvalue weighted by molar-refractivity contribution is 6.21. The Balaban J connectivity index is 1.42. The predicted molar refractivity (Wildman–Crippen MR) is 167 cm³/mol. The van der Waals surface area contributed by atoms with Gasteiger partial charge in [0.1, 0.15) is 11.6 Å². The summed E-state index contributed by atoms with van der Waals surface area (Å²) in [4.78, 5) is 36.6. The average molecular weight is 568 g/mol. The molecule has 1 aliphatic carbocycles. The van der Waals surface area contributed by atoms with E-state index in [1.165, 1.54) is 0 Å². The van der Waals surface area contributed by atoms with Crippen molar-refractivity contribution in [2.45, 2.75) is 58.0 Å². The molecule has 0 radical (unpaired) electrons. The Labute approximate surface area is 249 Å². The minimum atomic E-state index is -0.422. The van der Waals surface area contributed by atoms with Gasteiger partial charge in [-0.15, -0.1) is 0 Å². The minimum Gasteiger partial charge on any atom is -0.494 e. The van der Waals surface area contributed by atoms with Crippen LogP contribution in [0, 0.1) is 5.92 Å². The van der Waals surface area contributed by atoms with Gasteiger partial charge in [-0.3, -0.25) is 19.5 Å².